The van der Waals surface area contributed by atoms with Crippen molar-refractivity contribution < 1.29 is 24.2 Å². The summed E-state index contributed by atoms with van der Waals surface area (Å²) in [5.74, 6) is 0.694. The second kappa shape index (κ2) is 10.5. The van der Waals surface area contributed by atoms with E-state index < -0.39 is 12.0 Å². The standard InChI is InChI=1S/C33H43N3O5/c1-20-23(30(37)34-17-28-35-26(19-41-28)31(38)39)16-27(36(20)18-21-8-6-5-7-9-21)22-14-24(32(2,3)4)29-25(15-22)33(10-11-33)12-13-40-29/h14-16,21,26H,5-13,17-19H2,1-4H3,(H,34,37)(H,38,39). The molecule has 3 heterocycles. The highest BCUT2D eigenvalue weighted by atomic mass is 16.5. The van der Waals surface area contributed by atoms with Crippen LogP contribution in [0.4, 0.5) is 0 Å². The second-order valence-corrected chi connectivity index (χ2v) is 13.5. The van der Waals surface area contributed by atoms with Gasteiger partial charge in [-0.15, -0.1) is 0 Å². The maximum absolute atomic E-state index is 13.5. The monoisotopic (exact) mass is 561 g/mol. The van der Waals surface area contributed by atoms with Crippen LogP contribution < -0.4 is 10.1 Å². The summed E-state index contributed by atoms with van der Waals surface area (Å²) in [6.45, 7) is 10.5. The van der Waals surface area contributed by atoms with E-state index in [1.807, 2.05) is 13.0 Å². The van der Waals surface area contributed by atoms with Gasteiger partial charge in [0, 0.05) is 34.5 Å². The van der Waals surface area contributed by atoms with Crippen molar-refractivity contribution >= 4 is 17.8 Å². The molecular formula is C33H43N3O5. The highest BCUT2D eigenvalue weighted by Crippen LogP contribution is 2.58. The Morgan fingerprint density at radius 2 is 1.85 bits per heavy atom. The molecule has 2 aliphatic heterocycles. The Labute approximate surface area is 242 Å². The van der Waals surface area contributed by atoms with Crippen LogP contribution in [0, 0.1) is 12.8 Å². The minimum Gasteiger partial charge on any atom is -0.493 e. The third kappa shape index (κ3) is 5.38. The number of nitrogens with zero attached hydrogens (tertiary/aromatic N) is 2. The molecule has 6 rings (SSSR count). The molecule has 2 fully saturated rings. The van der Waals surface area contributed by atoms with Gasteiger partial charge in [0.15, 0.2) is 6.04 Å². The van der Waals surface area contributed by atoms with E-state index >= 15 is 0 Å². The molecule has 1 spiro atoms. The first kappa shape index (κ1) is 27.9. The molecule has 41 heavy (non-hydrogen) atoms. The van der Waals surface area contributed by atoms with E-state index in [1.54, 1.807) is 0 Å². The number of benzene rings is 1. The quantitative estimate of drug-likeness (QED) is 0.447. The number of carbonyl (C=O) groups excluding carboxylic acids is 1. The first-order valence-corrected chi connectivity index (χ1v) is 15.3. The number of ether oxygens (including phenoxy) is 2. The van der Waals surface area contributed by atoms with Crippen molar-refractivity contribution in [1.82, 2.24) is 9.88 Å². The Morgan fingerprint density at radius 3 is 2.51 bits per heavy atom. The van der Waals surface area contributed by atoms with Crippen LogP contribution in [-0.4, -0.2) is 53.2 Å². The summed E-state index contributed by atoms with van der Waals surface area (Å²) in [7, 11) is 0. The summed E-state index contributed by atoms with van der Waals surface area (Å²) in [4.78, 5) is 28.8. The molecule has 2 aliphatic carbocycles. The number of nitrogens with one attached hydrogen (secondary N) is 1. The predicted molar refractivity (Wildman–Crippen MR) is 158 cm³/mol. The molecule has 2 aromatic rings. The van der Waals surface area contributed by atoms with Gasteiger partial charge in [0.2, 0.25) is 5.90 Å². The predicted octanol–water partition coefficient (Wildman–Crippen LogP) is 5.77. The Balaban J connectivity index is 1.38. The van der Waals surface area contributed by atoms with Crippen LogP contribution in [0.3, 0.4) is 0 Å². The van der Waals surface area contributed by atoms with Gasteiger partial charge in [0.25, 0.3) is 5.91 Å². The first-order chi connectivity index (χ1) is 19.6. The van der Waals surface area contributed by atoms with Crippen molar-refractivity contribution in [3.05, 3.63) is 40.6 Å². The number of amides is 1. The van der Waals surface area contributed by atoms with Crippen LogP contribution in [-0.2, 0) is 26.9 Å². The molecule has 0 radical (unpaired) electrons. The van der Waals surface area contributed by atoms with E-state index in [2.05, 4.69) is 47.8 Å². The second-order valence-electron chi connectivity index (χ2n) is 13.5. The minimum absolute atomic E-state index is 0.00111. The van der Waals surface area contributed by atoms with Gasteiger partial charge in [0.1, 0.15) is 12.4 Å². The maximum Gasteiger partial charge on any atom is 0.332 e. The number of rotatable bonds is 7. The maximum atomic E-state index is 13.5. The van der Waals surface area contributed by atoms with Crippen LogP contribution >= 0.6 is 0 Å². The summed E-state index contributed by atoms with van der Waals surface area (Å²) in [5.41, 5.74) is 6.53. The number of aromatic nitrogens is 1. The Morgan fingerprint density at radius 1 is 1.10 bits per heavy atom. The molecule has 1 aromatic heterocycles. The summed E-state index contributed by atoms with van der Waals surface area (Å²) in [6.07, 6.45) is 9.75. The first-order valence-electron chi connectivity index (χ1n) is 15.3. The number of carboxylic acids is 1. The number of hydrogen-bond acceptors (Lipinski definition) is 5. The number of hydrogen-bond donors (Lipinski definition) is 2. The van der Waals surface area contributed by atoms with Crippen LogP contribution in [0.1, 0.15) is 99.3 Å². The molecule has 2 saturated carbocycles. The zero-order valence-corrected chi connectivity index (χ0v) is 24.8. The van der Waals surface area contributed by atoms with Gasteiger partial charge in [-0.3, -0.25) is 4.79 Å². The Bertz CT molecular complexity index is 1370. The SMILES string of the molecule is Cc1c(C(=O)NCC2=NC(C(=O)O)CO2)cc(-c2cc(C(C)(C)C)c3c(c2)C2(CCO3)CC2)n1CC1CCCCC1. The molecule has 4 aliphatic rings. The molecule has 8 heteroatoms. The Hall–Kier alpha value is -3.29. The Kier molecular flexibility index (Phi) is 7.15. The highest BCUT2D eigenvalue weighted by molar-refractivity contribution is 5.99. The van der Waals surface area contributed by atoms with E-state index in [9.17, 15) is 14.7 Å². The average Bonchev–Trinajstić information content (AvgIpc) is 3.40. The average molecular weight is 562 g/mol. The summed E-state index contributed by atoms with van der Waals surface area (Å²) < 4.78 is 14.1. The van der Waals surface area contributed by atoms with Crippen LogP contribution in [0.2, 0.25) is 0 Å². The molecule has 220 valence electrons. The summed E-state index contributed by atoms with van der Waals surface area (Å²) >= 11 is 0. The van der Waals surface area contributed by atoms with Gasteiger partial charge in [-0.25, -0.2) is 9.79 Å². The number of aliphatic imine (C=N–C) groups is 1. The fourth-order valence-corrected chi connectivity index (χ4v) is 6.91. The van der Waals surface area contributed by atoms with Gasteiger partial charge in [-0.2, -0.15) is 0 Å². The van der Waals surface area contributed by atoms with Gasteiger partial charge in [-0.05, 0) is 74.1 Å². The number of carboxylic acid groups (broad SMARTS) is 1. The van der Waals surface area contributed by atoms with E-state index in [0.717, 1.165) is 42.3 Å². The van der Waals surface area contributed by atoms with E-state index in [1.165, 1.54) is 56.1 Å². The van der Waals surface area contributed by atoms with Crippen molar-refractivity contribution in [1.29, 1.82) is 0 Å². The number of aliphatic carboxylic acids is 1. The lowest BCUT2D eigenvalue weighted by atomic mass is 9.79. The molecule has 2 N–H and O–H groups in total. The van der Waals surface area contributed by atoms with E-state index in [4.69, 9.17) is 9.47 Å². The highest BCUT2D eigenvalue weighted by Gasteiger charge is 2.49. The van der Waals surface area contributed by atoms with E-state index in [0.29, 0.717) is 11.5 Å². The van der Waals surface area contributed by atoms with Crippen molar-refractivity contribution in [3.8, 4) is 17.0 Å². The molecule has 1 unspecified atom stereocenters. The topological polar surface area (TPSA) is 102 Å². The van der Waals surface area contributed by atoms with Crippen LogP contribution in [0.25, 0.3) is 11.3 Å². The lowest BCUT2D eigenvalue weighted by molar-refractivity contribution is -0.138. The number of carbonyl (C=O) groups is 2. The van der Waals surface area contributed by atoms with Crippen molar-refractivity contribution in [2.24, 2.45) is 10.9 Å². The normalized spacial score (nSPS) is 21.6. The van der Waals surface area contributed by atoms with Gasteiger partial charge >= 0.3 is 5.97 Å². The molecule has 8 nitrogen and oxygen atoms in total. The van der Waals surface area contributed by atoms with Crippen molar-refractivity contribution in [2.75, 3.05) is 19.8 Å². The van der Waals surface area contributed by atoms with E-state index in [-0.39, 0.29) is 35.8 Å². The third-order valence-corrected chi connectivity index (χ3v) is 9.61. The van der Waals surface area contributed by atoms with Crippen molar-refractivity contribution in [2.45, 2.75) is 102 Å². The van der Waals surface area contributed by atoms with Gasteiger partial charge in [-0.1, -0.05) is 40.0 Å². The van der Waals surface area contributed by atoms with Gasteiger partial charge in [0.05, 0.1) is 18.7 Å². The zero-order chi connectivity index (χ0) is 28.9. The largest absolute Gasteiger partial charge is 0.493 e. The third-order valence-electron chi connectivity index (χ3n) is 9.61. The molecule has 1 amide bonds. The van der Waals surface area contributed by atoms with Crippen molar-refractivity contribution in [3.63, 3.8) is 0 Å². The molecule has 1 atom stereocenters. The fraction of sp³-hybridized carbons (Fsp3) is 0.606. The minimum atomic E-state index is -1.02. The lowest BCUT2D eigenvalue weighted by Gasteiger charge is -2.33. The van der Waals surface area contributed by atoms with Crippen LogP contribution in [0.5, 0.6) is 5.75 Å². The molecular weight excluding hydrogens is 518 g/mol. The lowest BCUT2D eigenvalue weighted by Crippen LogP contribution is -2.30. The van der Waals surface area contributed by atoms with Crippen LogP contribution in [0.15, 0.2) is 23.2 Å². The molecule has 0 bridgehead atoms. The summed E-state index contributed by atoms with van der Waals surface area (Å²) in [5, 5.41) is 12.1. The number of fused-ring (bicyclic) bond motifs is 2. The zero-order valence-electron chi connectivity index (χ0n) is 24.8. The van der Waals surface area contributed by atoms with Gasteiger partial charge < -0.3 is 24.5 Å². The molecule has 0 saturated heterocycles. The fourth-order valence-electron chi connectivity index (χ4n) is 6.91. The molecule has 1 aromatic carbocycles. The summed E-state index contributed by atoms with van der Waals surface area (Å²) in [6, 6.07) is 5.77. The smallest absolute Gasteiger partial charge is 0.332 e.